The summed E-state index contributed by atoms with van der Waals surface area (Å²) >= 11 is 1.10. The summed E-state index contributed by atoms with van der Waals surface area (Å²) in [6, 6.07) is 1.08. The SMILES string of the molecule is CC(=O)Nc1nc2c(s1)C(O)=C(C(=O)c1cncc(F)c1)CC2. The van der Waals surface area contributed by atoms with E-state index in [1.54, 1.807) is 0 Å². The maximum Gasteiger partial charge on any atom is 0.223 e. The highest BCUT2D eigenvalue weighted by atomic mass is 32.1. The molecule has 0 saturated carbocycles. The average molecular weight is 333 g/mol. The van der Waals surface area contributed by atoms with Crippen LogP contribution in [0.4, 0.5) is 9.52 Å². The number of amides is 1. The first-order chi connectivity index (χ1) is 11.0. The van der Waals surface area contributed by atoms with Gasteiger partial charge in [0.25, 0.3) is 0 Å². The Bertz CT molecular complexity index is 844. The highest BCUT2D eigenvalue weighted by Crippen LogP contribution is 2.36. The van der Waals surface area contributed by atoms with Gasteiger partial charge in [-0.15, -0.1) is 0 Å². The van der Waals surface area contributed by atoms with Crippen molar-refractivity contribution in [2.75, 3.05) is 5.32 Å². The van der Waals surface area contributed by atoms with E-state index in [0.717, 1.165) is 23.6 Å². The number of nitrogens with one attached hydrogen (secondary N) is 1. The number of hydrogen-bond acceptors (Lipinski definition) is 6. The van der Waals surface area contributed by atoms with Gasteiger partial charge in [-0.05, 0) is 18.9 Å². The second-order valence-electron chi connectivity index (χ2n) is 5.02. The summed E-state index contributed by atoms with van der Waals surface area (Å²) in [5.74, 6) is -1.51. The summed E-state index contributed by atoms with van der Waals surface area (Å²) < 4.78 is 13.2. The molecule has 2 aromatic heterocycles. The first-order valence-electron chi connectivity index (χ1n) is 6.80. The molecule has 0 fully saturated rings. The molecule has 0 atom stereocenters. The van der Waals surface area contributed by atoms with E-state index in [1.807, 2.05) is 0 Å². The van der Waals surface area contributed by atoms with Gasteiger partial charge in [-0.3, -0.25) is 14.6 Å². The number of Topliss-reactive ketones (excluding diaryl/α,β-unsaturated/α-hetero) is 1. The molecule has 0 radical (unpaired) electrons. The van der Waals surface area contributed by atoms with Crippen LogP contribution in [-0.2, 0) is 11.2 Å². The molecule has 1 aliphatic carbocycles. The van der Waals surface area contributed by atoms with Crippen molar-refractivity contribution in [3.63, 3.8) is 0 Å². The number of hydrogen-bond donors (Lipinski definition) is 2. The number of nitrogens with zero attached hydrogens (tertiary/aromatic N) is 2. The van der Waals surface area contributed by atoms with Gasteiger partial charge in [0, 0.05) is 24.3 Å². The van der Waals surface area contributed by atoms with Crippen LogP contribution in [0.15, 0.2) is 24.0 Å². The molecule has 2 heterocycles. The van der Waals surface area contributed by atoms with E-state index in [0.29, 0.717) is 22.1 Å². The van der Waals surface area contributed by atoms with Crippen LogP contribution in [0.3, 0.4) is 0 Å². The standard InChI is InChI=1S/C15H12FN3O3S/c1-7(20)18-15-19-11-3-2-10(13(22)14(11)23-15)12(21)8-4-9(16)6-17-5-8/h4-6,22H,2-3H2,1H3,(H,18,19,20). The third kappa shape index (κ3) is 2.98. The third-order valence-corrected chi connectivity index (χ3v) is 4.35. The number of aryl methyl sites for hydroxylation is 1. The van der Waals surface area contributed by atoms with Gasteiger partial charge in [0.1, 0.15) is 11.6 Å². The van der Waals surface area contributed by atoms with Crippen LogP contribution in [0, 0.1) is 5.82 Å². The molecule has 118 valence electrons. The molecule has 3 rings (SSSR count). The van der Waals surface area contributed by atoms with E-state index in [4.69, 9.17) is 0 Å². The van der Waals surface area contributed by atoms with Gasteiger partial charge >= 0.3 is 0 Å². The Morgan fingerprint density at radius 1 is 1.35 bits per heavy atom. The summed E-state index contributed by atoms with van der Waals surface area (Å²) in [6.07, 6.45) is 3.01. The quantitative estimate of drug-likeness (QED) is 0.843. The molecule has 23 heavy (non-hydrogen) atoms. The van der Waals surface area contributed by atoms with Crippen molar-refractivity contribution in [2.24, 2.45) is 0 Å². The van der Waals surface area contributed by atoms with Crippen molar-refractivity contribution in [1.29, 1.82) is 0 Å². The Hall–Kier alpha value is -2.61. The highest BCUT2D eigenvalue weighted by Gasteiger charge is 2.28. The number of thiazole rings is 1. The maximum absolute atomic E-state index is 13.2. The number of anilines is 1. The van der Waals surface area contributed by atoms with Gasteiger partial charge in [0.2, 0.25) is 5.91 Å². The lowest BCUT2D eigenvalue weighted by Crippen LogP contribution is -2.12. The Morgan fingerprint density at radius 2 is 2.13 bits per heavy atom. The van der Waals surface area contributed by atoms with Gasteiger partial charge in [-0.1, -0.05) is 11.3 Å². The van der Waals surface area contributed by atoms with Crippen LogP contribution >= 0.6 is 11.3 Å². The van der Waals surface area contributed by atoms with E-state index in [2.05, 4.69) is 15.3 Å². The number of ketones is 1. The fraction of sp³-hybridized carbons (Fsp3) is 0.200. The Labute approximate surface area is 134 Å². The van der Waals surface area contributed by atoms with Crippen LogP contribution < -0.4 is 5.32 Å². The second kappa shape index (κ2) is 5.88. The molecule has 0 saturated heterocycles. The average Bonchev–Trinajstić information content (AvgIpc) is 2.89. The van der Waals surface area contributed by atoms with Gasteiger partial charge in [-0.2, -0.15) is 0 Å². The summed E-state index contributed by atoms with van der Waals surface area (Å²) in [4.78, 5) is 31.9. The van der Waals surface area contributed by atoms with Crippen molar-refractivity contribution >= 4 is 33.9 Å². The smallest absolute Gasteiger partial charge is 0.223 e. The fourth-order valence-electron chi connectivity index (χ4n) is 2.34. The molecular formula is C15H12FN3O3S. The Kier molecular flexibility index (Phi) is 3.91. The minimum atomic E-state index is -0.613. The minimum absolute atomic E-state index is 0.0848. The molecule has 1 amide bonds. The van der Waals surface area contributed by atoms with E-state index >= 15 is 0 Å². The molecule has 2 N–H and O–H groups in total. The zero-order valence-corrected chi connectivity index (χ0v) is 12.9. The van der Waals surface area contributed by atoms with Crippen molar-refractivity contribution in [3.8, 4) is 0 Å². The van der Waals surface area contributed by atoms with Gasteiger partial charge < -0.3 is 10.4 Å². The van der Waals surface area contributed by atoms with Crippen LogP contribution in [0.5, 0.6) is 0 Å². The lowest BCUT2D eigenvalue weighted by molar-refractivity contribution is -0.114. The number of allylic oxidation sites excluding steroid dienone is 1. The molecule has 0 spiro atoms. The molecule has 6 nitrogen and oxygen atoms in total. The zero-order chi connectivity index (χ0) is 16.6. The predicted octanol–water partition coefficient (Wildman–Crippen LogP) is 2.73. The van der Waals surface area contributed by atoms with E-state index in [-0.39, 0.29) is 29.2 Å². The molecule has 0 unspecified atom stereocenters. The number of fused-ring (bicyclic) bond motifs is 1. The molecule has 2 aromatic rings. The Morgan fingerprint density at radius 3 is 2.83 bits per heavy atom. The molecular weight excluding hydrogens is 321 g/mol. The van der Waals surface area contributed by atoms with Crippen molar-refractivity contribution < 1.29 is 19.1 Å². The van der Waals surface area contributed by atoms with Crippen molar-refractivity contribution in [3.05, 3.63) is 46.0 Å². The number of aliphatic hydroxyl groups excluding tert-OH is 1. The summed E-state index contributed by atoms with van der Waals surface area (Å²) in [7, 11) is 0. The lowest BCUT2D eigenvalue weighted by atomic mass is 9.93. The highest BCUT2D eigenvalue weighted by molar-refractivity contribution is 7.16. The van der Waals surface area contributed by atoms with Crippen LogP contribution in [-0.4, -0.2) is 26.8 Å². The summed E-state index contributed by atoms with van der Waals surface area (Å²) in [5.41, 5.74) is 0.912. The number of carbonyl (C=O) groups excluding carboxylic acids is 2. The monoisotopic (exact) mass is 333 g/mol. The third-order valence-electron chi connectivity index (χ3n) is 3.33. The molecule has 0 aromatic carbocycles. The van der Waals surface area contributed by atoms with E-state index in [1.165, 1.54) is 13.1 Å². The minimum Gasteiger partial charge on any atom is -0.506 e. The first-order valence-corrected chi connectivity index (χ1v) is 7.62. The van der Waals surface area contributed by atoms with Crippen LogP contribution in [0.1, 0.15) is 34.3 Å². The van der Waals surface area contributed by atoms with Gasteiger partial charge in [0.15, 0.2) is 10.9 Å². The first kappa shape index (κ1) is 15.3. The number of halogens is 1. The number of aromatic nitrogens is 2. The normalized spacial score (nSPS) is 13.7. The van der Waals surface area contributed by atoms with Crippen molar-refractivity contribution in [1.82, 2.24) is 9.97 Å². The van der Waals surface area contributed by atoms with Gasteiger partial charge in [0.05, 0.1) is 16.8 Å². The fourth-order valence-corrected chi connectivity index (χ4v) is 3.37. The van der Waals surface area contributed by atoms with E-state index < -0.39 is 11.6 Å². The van der Waals surface area contributed by atoms with Crippen LogP contribution in [0.25, 0.3) is 5.76 Å². The van der Waals surface area contributed by atoms with Gasteiger partial charge in [-0.25, -0.2) is 9.37 Å². The number of rotatable bonds is 3. The Balaban J connectivity index is 1.97. The molecule has 0 aliphatic heterocycles. The van der Waals surface area contributed by atoms with E-state index in [9.17, 15) is 19.1 Å². The lowest BCUT2D eigenvalue weighted by Gasteiger charge is -2.14. The number of carbonyl (C=O) groups is 2. The molecule has 1 aliphatic rings. The topological polar surface area (TPSA) is 92.2 Å². The molecule has 8 heteroatoms. The summed E-state index contributed by atoms with van der Waals surface area (Å²) in [6.45, 7) is 1.36. The number of pyridine rings is 1. The molecule has 0 bridgehead atoms. The maximum atomic E-state index is 13.2. The largest absolute Gasteiger partial charge is 0.506 e. The zero-order valence-electron chi connectivity index (χ0n) is 12.1. The van der Waals surface area contributed by atoms with Crippen molar-refractivity contribution in [2.45, 2.75) is 19.8 Å². The second-order valence-corrected chi connectivity index (χ2v) is 6.02. The summed E-state index contributed by atoms with van der Waals surface area (Å²) in [5, 5.41) is 13.3. The number of aliphatic hydroxyl groups is 1. The van der Waals surface area contributed by atoms with Crippen LogP contribution in [0.2, 0.25) is 0 Å². The predicted molar refractivity (Wildman–Crippen MR) is 82.8 cm³/mol.